The first kappa shape index (κ1) is 13.7. The predicted octanol–water partition coefficient (Wildman–Crippen LogP) is 2.73. The maximum absolute atomic E-state index is 11.2. The summed E-state index contributed by atoms with van der Waals surface area (Å²) in [5.74, 6) is 1.58. The number of hydrogen-bond donors (Lipinski definition) is 0. The molecule has 0 aromatic heterocycles. The summed E-state index contributed by atoms with van der Waals surface area (Å²) in [5, 5.41) is 0. The highest BCUT2D eigenvalue weighted by Gasteiger charge is 2.15. The van der Waals surface area contributed by atoms with Crippen LogP contribution in [-0.4, -0.2) is 25.8 Å². The Kier molecular flexibility index (Phi) is 5.07. The zero-order valence-electron chi connectivity index (χ0n) is 11.3. The number of carbonyl (C=O) groups excluding carboxylic acids is 1. The van der Waals surface area contributed by atoms with E-state index in [-0.39, 0.29) is 5.97 Å². The Morgan fingerprint density at radius 3 is 2.95 bits per heavy atom. The van der Waals surface area contributed by atoms with Crippen molar-refractivity contribution in [1.29, 1.82) is 0 Å². The second kappa shape index (κ2) is 7.02. The lowest BCUT2D eigenvalue weighted by Gasteiger charge is -2.20. The number of para-hydroxylation sites is 1. The lowest BCUT2D eigenvalue weighted by molar-refractivity contribution is -0.143. The van der Waals surface area contributed by atoms with E-state index in [0.717, 1.165) is 36.3 Å². The van der Waals surface area contributed by atoms with Crippen molar-refractivity contribution in [2.24, 2.45) is 0 Å². The molecule has 1 aliphatic heterocycles. The van der Waals surface area contributed by atoms with Gasteiger partial charge in [-0.25, -0.2) is 0 Å². The smallest absolute Gasteiger partial charge is 0.305 e. The van der Waals surface area contributed by atoms with Gasteiger partial charge in [-0.15, -0.1) is 0 Å². The van der Waals surface area contributed by atoms with Crippen molar-refractivity contribution < 1.29 is 19.0 Å². The normalized spacial score (nSPS) is 13.1. The van der Waals surface area contributed by atoms with Crippen molar-refractivity contribution >= 4 is 5.97 Å². The van der Waals surface area contributed by atoms with Crippen molar-refractivity contribution in [1.82, 2.24) is 0 Å². The van der Waals surface area contributed by atoms with Crippen LogP contribution in [0.25, 0.3) is 0 Å². The minimum atomic E-state index is -0.114. The van der Waals surface area contributed by atoms with E-state index in [0.29, 0.717) is 26.2 Å². The summed E-state index contributed by atoms with van der Waals surface area (Å²) < 4.78 is 16.1. The Hall–Kier alpha value is -1.71. The van der Waals surface area contributed by atoms with Gasteiger partial charge in [0.25, 0.3) is 0 Å². The third kappa shape index (κ3) is 3.88. The number of benzene rings is 1. The molecule has 1 heterocycles. The number of aryl methyl sites for hydroxylation is 1. The van der Waals surface area contributed by atoms with Crippen molar-refractivity contribution in [3.05, 3.63) is 23.8 Å². The summed E-state index contributed by atoms with van der Waals surface area (Å²) in [7, 11) is 0. The van der Waals surface area contributed by atoms with Gasteiger partial charge in [-0.1, -0.05) is 12.1 Å². The molecule has 0 N–H and O–H groups in total. The van der Waals surface area contributed by atoms with Crippen LogP contribution in [0.5, 0.6) is 11.5 Å². The second-order valence-electron chi connectivity index (χ2n) is 4.45. The molecule has 4 heteroatoms. The molecule has 0 amide bonds. The summed E-state index contributed by atoms with van der Waals surface area (Å²) >= 11 is 0. The maximum Gasteiger partial charge on any atom is 0.305 e. The van der Waals surface area contributed by atoms with Crippen LogP contribution in [-0.2, 0) is 16.0 Å². The van der Waals surface area contributed by atoms with Crippen molar-refractivity contribution in [2.75, 3.05) is 19.8 Å². The lowest BCUT2D eigenvalue weighted by Crippen LogP contribution is -2.16. The van der Waals surface area contributed by atoms with Gasteiger partial charge in [0.05, 0.1) is 6.61 Å². The molecule has 104 valence electrons. The fourth-order valence-electron chi connectivity index (χ4n) is 2.15. The van der Waals surface area contributed by atoms with E-state index < -0.39 is 0 Å². The van der Waals surface area contributed by atoms with E-state index >= 15 is 0 Å². The first-order valence-electron chi connectivity index (χ1n) is 6.84. The van der Waals surface area contributed by atoms with Crippen molar-refractivity contribution in [2.45, 2.75) is 32.6 Å². The minimum Gasteiger partial charge on any atom is -0.486 e. The van der Waals surface area contributed by atoms with E-state index in [9.17, 15) is 4.79 Å². The number of esters is 1. The van der Waals surface area contributed by atoms with Crippen molar-refractivity contribution in [3.63, 3.8) is 0 Å². The molecule has 4 nitrogen and oxygen atoms in total. The summed E-state index contributed by atoms with van der Waals surface area (Å²) in [6.45, 7) is 3.49. The van der Waals surface area contributed by atoms with E-state index in [1.807, 2.05) is 19.1 Å². The molecular weight excluding hydrogens is 244 g/mol. The molecule has 0 saturated carbocycles. The van der Waals surface area contributed by atoms with Crippen LogP contribution >= 0.6 is 0 Å². The minimum absolute atomic E-state index is 0.114. The Bertz CT molecular complexity index is 428. The number of hydrogen-bond acceptors (Lipinski definition) is 4. The topological polar surface area (TPSA) is 44.8 Å². The molecule has 0 radical (unpaired) electrons. The highest BCUT2D eigenvalue weighted by atomic mass is 16.6. The average molecular weight is 264 g/mol. The number of rotatable bonds is 6. The van der Waals surface area contributed by atoms with Gasteiger partial charge in [0.1, 0.15) is 13.2 Å². The average Bonchev–Trinajstić information content (AvgIpc) is 2.44. The van der Waals surface area contributed by atoms with Crippen LogP contribution in [0.4, 0.5) is 0 Å². The molecule has 2 rings (SSSR count). The summed E-state index contributed by atoms with van der Waals surface area (Å²) in [5.41, 5.74) is 1.15. The monoisotopic (exact) mass is 264 g/mol. The third-order valence-electron chi connectivity index (χ3n) is 3.03. The zero-order valence-corrected chi connectivity index (χ0v) is 11.3. The molecule has 0 fully saturated rings. The largest absolute Gasteiger partial charge is 0.486 e. The molecule has 0 atom stereocenters. The molecule has 0 aliphatic carbocycles. The highest BCUT2D eigenvalue weighted by Crippen LogP contribution is 2.34. The first-order valence-corrected chi connectivity index (χ1v) is 6.84. The molecular formula is C15H20O4. The maximum atomic E-state index is 11.2. The fraction of sp³-hybridized carbons (Fsp3) is 0.533. The molecule has 1 aliphatic rings. The molecule has 0 unspecified atom stereocenters. The van der Waals surface area contributed by atoms with Gasteiger partial charge in [-0.3, -0.25) is 4.79 Å². The number of carbonyl (C=O) groups is 1. The van der Waals surface area contributed by atoms with Crippen LogP contribution < -0.4 is 9.47 Å². The lowest BCUT2D eigenvalue weighted by atomic mass is 10.1. The Labute approximate surface area is 113 Å². The molecule has 0 saturated heterocycles. The van der Waals surface area contributed by atoms with Gasteiger partial charge in [0.15, 0.2) is 11.5 Å². The Morgan fingerprint density at radius 2 is 2.11 bits per heavy atom. The Morgan fingerprint density at radius 1 is 1.26 bits per heavy atom. The van der Waals surface area contributed by atoms with Gasteiger partial charge in [-0.05, 0) is 37.8 Å². The van der Waals surface area contributed by atoms with E-state index in [1.54, 1.807) is 0 Å². The Balaban J connectivity index is 1.81. The predicted molar refractivity (Wildman–Crippen MR) is 71.6 cm³/mol. The van der Waals surface area contributed by atoms with E-state index in [4.69, 9.17) is 14.2 Å². The molecule has 1 aromatic rings. The number of unbranched alkanes of at least 4 members (excludes halogenated alkanes) is 1. The van der Waals surface area contributed by atoms with Gasteiger partial charge in [0, 0.05) is 6.42 Å². The molecule has 1 aromatic carbocycles. The van der Waals surface area contributed by atoms with Gasteiger partial charge >= 0.3 is 5.97 Å². The van der Waals surface area contributed by atoms with Crippen LogP contribution in [0.3, 0.4) is 0 Å². The van der Waals surface area contributed by atoms with E-state index in [1.165, 1.54) is 0 Å². The summed E-state index contributed by atoms with van der Waals surface area (Å²) in [6.07, 6.45) is 3.16. The van der Waals surface area contributed by atoms with Crippen LogP contribution in [0.15, 0.2) is 18.2 Å². The second-order valence-corrected chi connectivity index (χ2v) is 4.45. The number of ether oxygens (including phenoxy) is 3. The summed E-state index contributed by atoms with van der Waals surface area (Å²) in [4.78, 5) is 11.2. The SMILES string of the molecule is CCOC(=O)CCCCc1cccc2c1OCCO2. The van der Waals surface area contributed by atoms with Crippen molar-refractivity contribution in [3.8, 4) is 11.5 Å². The van der Waals surface area contributed by atoms with Crippen LogP contribution in [0.2, 0.25) is 0 Å². The van der Waals surface area contributed by atoms with E-state index in [2.05, 4.69) is 6.07 Å². The van der Waals surface area contributed by atoms with Gasteiger partial charge in [0.2, 0.25) is 0 Å². The first-order chi connectivity index (χ1) is 9.31. The summed E-state index contributed by atoms with van der Waals surface area (Å²) in [6, 6.07) is 5.96. The molecule has 0 spiro atoms. The molecule has 19 heavy (non-hydrogen) atoms. The fourth-order valence-corrected chi connectivity index (χ4v) is 2.15. The standard InChI is InChI=1S/C15H20O4/c1-2-17-14(16)9-4-3-6-12-7-5-8-13-15(12)19-11-10-18-13/h5,7-8H,2-4,6,9-11H2,1H3. The quantitative estimate of drug-likeness (QED) is 0.585. The number of fused-ring (bicyclic) bond motifs is 1. The zero-order chi connectivity index (χ0) is 13.5. The van der Waals surface area contributed by atoms with Gasteiger partial charge < -0.3 is 14.2 Å². The van der Waals surface area contributed by atoms with Crippen LogP contribution in [0, 0.1) is 0 Å². The molecule has 0 bridgehead atoms. The van der Waals surface area contributed by atoms with Crippen LogP contribution in [0.1, 0.15) is 31.7 Å². The van der Waals surface area contributed by atoms with Gasteiger partial charge in [-0.2, -0.15) is 0 Å². The highest BCUT2D eigenvalue weighted by molar-refractivity contribution is 5.69. The third-order valence-corrected chi connectivity index (χ3v) is 3.03.